The topological polar surface area (TPSA) is 84.9 Å². The molecule has 2 fully saturated rings. The summed E-state index contributed by atoms with van der Waals surface area (Å²) in [6.07, 6.45) is -1.94. The van der Waals surface area contributed by atoms with Crippen LogP contribution in [-0.2, 0) is 19.0 Å². The Balaban J connectivity index is 1.81. The lowest BCUT2D eigenvalue weighted by atomic mass is 9.93. The molecule has 1 aliphatic carbocycles. The molecule has 1 heterocycles. The van der Waals surface area contributed by atoms with E-state index in [4.69, 9.17) is 8.92 Å². The molecule has 2 rings (SSSR count). The predicted octanol–water partition coefficient (Wildman–Crippen LogP) is 0.264. The van der Waals surface area contributed by atoms with Gasteiger partial charge in [0, 0.05) is 32.6 Å². The fourth-order valence-corrected chi connectivity index (χ4v) is 3.24. The van der Waals surface area contributed by atoms with Gasteiger partial charge in [-0.25, -0.2) is 9.18 Å². The smallest absolute Gasteiger partial charge is 0.410 e. The highest BCUT2D eigenvalue weighted by molar-refractivity contribution is 7.86. The standard InChI is InChI=1S/C12H21FN2O5S/c1-21(17,18)20-9-2-3-11(10(13)8-9)19-12(16)15-6-4-14-5-7-15/h9-11,14H,2-8H2,1H3. The number of rotatable bonds is 3. The van der Waals surface area contributed by atoms with Crippen LogP contribution in [0.15, 0.2) is 0 Å². The van der Waals surface area contributed by atoms with Crippen LogP contribution in [0.25, 0.3) is 0 Å². The Kier molecular flexibility index (Phi) is 5.39. The van der Waals surface area contributed by atoms with E-state index in [0.717, 1.165) is 6.26 Å². The van der Waals surface area contributed by atoms with Crippen LogP contribution in [0.2, 0.25) is 0 Å². The molecule has 2 aliphatic rings. The zero-order chi connectivity index (χ0) is 15.5. The molecule has 1 saturated carbocycles. The number of amides is 1. The van der Waals surface area contributed by atoms with Gasteiger partial charge in [-0.1, -0.05) is 0 Å². The SMILES string of the molecule is CS(=O)(=O)OC1CCC(OC(=O)N2CCNCC2)C(F)C1. The van der Waals surface area contributed by atoms with Gasteiger partial charge in [-0.2, -0.15) is 8.42 Å². The molecule has 0 spiro atoms. The summed E-state index contributed by atoms with van der Waals surface area (Å²) in [6.45, 7) is 2.48. The second-order valence-electron chi connectivity index (χ2n) is 5.41. The van der Waals surface area contributed by atoms with E-state index in [1.807, 2.05) is 0 Å². The number of hydrogen-bond acceptors (Lipinski definition) is 6. The number of hydrogen-bond donors (Lipinski definition) is 1. The fraction of sp³-hybridized carbons (Fsp3) is 0.917. The van der Waals surface area contributed by atoms with Gasteiger partial charge >= 0.3 is 6.09 Å². The first kappa shape index (κ1) is 16.4. The van der Waals surface area contributed by atoms with Crippen molar-refractivity contribution in [1.82, 2.24) is 10.2 Å². The summed E-state index contributed by atoms with van der Waals surface area (Å²) in [4.78, 5) is 13.4. The molecule has 122 valence electrons. The van der Waals surface area contributed by atoms with Crippen molar-refractivity contribution in [3.05, 3.63) is 0 Å². The van der Waals surface area contributed by atoms with E-state index in [1.165, 1.54) is 0 Å². The third kappa shape index (κ3) is 5.08. The molecular formula is C12H21FN2O5S. The van der Waals surface area contributed by atoms with Crippen molar-refractivity contribution in [3.63, 3.8) is 0 Å². The van der Waals surface area contributed by atoms with Gasteiger partial charge in [0.1, 0.15) is 12.3 Å². The van der Waals surface area contributed by atoms with E-state index in [9.17, 15) is 17.6 Å². The first-order chi connectivity index (χ1) is 9.85. The first-order valence-corrected chi connectivity index (χ1v) is 8.85. The Morgan fingerprint density at radius 2 is 1.95 bits per heavy atom. The Morgan fingerprint density at radius 1 is 1.29 bits per heavy atom. The molecule has 0 bridgehead atoms. The lowest BCUT2D eigenvalue weighted by molar-refractivity contribution is -0.0247. The maximum Gasteiger partial charge on any atom is 0.410 e. The van der Waals surface area contributed by atoms with E-state index in [2.05, 4.69) is 5.32 Å². The molecule has 9 heteroatoms. The average Bonchev–Trinajstić information content (AvgIpc) is 2.41. The zero-order valence-corrected chi connectivity index (χ0v) is 12.8. The molecule has 1 saturated heterocycles. The Hall–Kier alpha value is -0.930. The van der Waals surface area contributed by atoms with Gasteiger partial charge in [0.2, 0.25) is 0 Å². The number of carbonyl (C=O) groups is 1. The van der Waals surface area contributed by atoms with Crippen LogP contribution in [0.1, 0.15) is 19.3 Å². The van der Waals surface area contributed by atoms with E-state index in [0.29, 0.717) is 32.6 Å². The minimum Gasteiger partial charge on any atom is -0.443 e. The quantitative estimate of drug-likeness (QED) is 0.750. The van der Waals surface area contributed by atoms with Crippen molar-refractivity contribution < 1.29 is 26.5 Å². The van der Waals surface area contributed by atoms with Gasteiger partial charge in [-0.3, -0.25) is 4.18 Å². The third-order valence-corrected chi connectivity index (χ3v) is 4.22. The summed E-state index contributed by atoms with van der Waals surface area (Å²) in [5, 5.41) is 3.11. The minimum absolute atomic E-state index is 0.0768. The largest absolute Gasteiger partial charge is 0.443 e. The number of carbonyl (C=O) groups excluding carboxylic acids is 1. The fourth-order valence-electron chi connectivity index (χ4n) is 2.57. The molecular weight excluding hydrogens is 303 g/mol. The average molecular weight is 324 g/mol. The van der Waals surface area contributed by atoms with Crippen molar-refractivity contribution in [3.8, 4) is 0 Å². The van der Waals surface area contributed by atoms with Crippen LogP contribution in [0.4, 0.5) is 9.18 Å². The molecule has 3 atom stereocenters. The van der Waals surface area contributed by atoms with Gasteiger partial charge in [0.15, 0.2) is 0 Å². The highest BCUT2D eigenvalue weighted by Gasteiger charge is 2.36. The van der Waals surface area contributed by atoms with E-state index in [-0.39, 0.29) is 12.8 Å². The van der Waals surface area contributed by atoms with E-state index >= 15 is 0 Å². The highest BCUT2D eigenvalue weighted by Crippen LogP contribution is 2.27. The van der Waals surface area contributed by atoms with E-state index in [1.54, 1.807) is 4.90 Å². The Morgan fingerprint density at radius 3 is 2.52 bits per heavy atom. The summed E-state index contributed by atoms with van der Waals surface area (Å²) < 4.78 is 46.1. The Labute approximate surface area is 123 Å². The van der Waals surface area contributed by atoms with Crippen molar-refractivity contribution in [2.75, 3.05) is 32.4 Å². The van der Waals surface area contributed by atoms with Gasteiger partial charge in [0.25, 0.3) is 10.1 Å². The maximum atomic E-state index is 14.0. The number of piperazine rings is 1. The molecule has 21 heavy (non-hydrogen) atoms. The summed E-state index contributed by atoms with van der Waals surface area (Å²) in [7, 11) is -3.59. The van der Waals surface area contributed by atoms with Gasteiger partial charge in [0.05, 0.1) is 12.4 Å². The maximum absolute atomic E-state index is 14.0. The number of nitrogens with zero attached hydrogens (tertiary/aromatic N) is 1. The van der Waals surface area contributed by atoms with E-state index < -0.39 is 34.6 Å². The van der Waals surface area contributed by atoms with Crippen molar-refractivity contribution in [1.29, 1.82) is 0 Å². The van der Waals surface area contributed by atoms with Gasteiger partial charge < -0.3 is 15.0 Å². The zero-order valence-electron chi connectivity index (χ0n) is 12.0. The molecule has 1 N–H and O–H groups in total. The van der Waals surface area contributed by atoms with Crippen molar-refractivity contribution in [2.45, 2.75) is 37.6 Å². The van der Waals surface area contributed by atoms with Gasteiger partial charge in [-0.05, 0) is 12.8 Å². The van der Waals surface area contributed by atoms with Crippen molar-refractivity contribution in [2.24, 2.45) is 0 Å². The van der Waals surface area contributed by atoms with Crippen LogP contribution in [0.3, 0.4) is 0 Å². The van der Waals surface area contributed by atoms with Crippen LogP contribution in [0.5, 0.6) is 0 Å². The molecule has 0 aromatic rings. The number of nitrogens with one attached hydrogen (secondary N) is 1. The molecule has 1 amide bonds. The van der Waals surface area contributed by atoms with Gasteiger partial charge in [-0.15, -0.1) is 0 Å². The molecule has 0 aromatic heterocycles. The lowest BCUT2D eigenvalue weighted by Gasteiger charge is -2.33. The summed E-state index contributed by atoms with van der Waals surface area (Å²) >= 11 is 0. The van der Waals surface area contributed by atoms with Crippen LogP contribution < -0.4 is 5.32 Å². The number of ether oxygens (including phenoxy) is 1. The predicted molar refractivity (Wildman–Crippen MR) is 73.2 cm³/mol. The van der Waals surface area contributed by atoms with Crippen LogP contribution >= 0.6 is 0 Å². The third-order valence-electron chi connectivity index (χ3n) is 3.60. The normalized spacial score (nSPS) is 31.0. The lowest BCUT2D eigenvalue weighted by Crippen LogP contribution is -2.48. The molecule has 3 unspecified atom stereocenters. The summed E-state index contributed by atoms with van der Waals surface area (Å²) in [5.41, 5.74) is 0. The monoisotopic (exact) mass is 324 g/mol. The summed E-state index contributed by atoms with van der Waals surface area (Å²) in [6, 6.07) is 0. The molecule has 0 radical (unpaired) electrons. The van der Waals surface area contributed by atoms with Crippen LogP contribution in [0, 0.1) is 0 Å². The molecule has 7 nitrogen and oxygen atoms in total. The second kappa shape index (κ2) is 6.89. The molecule has 1 aliphatic heterocycles. The first-order valence-electron chi connectivity index (χ1n) is 7.04. The van der Waals surface area contributed by atoms with Crippen molar-refractivity contribution >= 4 is 16.2 Å². The summed E-state index contributed by atoms with van der Waals surface area (Å²) in [5.74, 6) is 0. The number of halogens is 1. The number of alkyl halides is 1. The van der Waals surface area contributed by atoms with Crippen LogP contribution in [-0.4, -0.2) is 70.2 Å². The minimum atomic E-state index is -3.59. The highest BCUT2D eigenvalue weighted by atomic mass is 32.2. The Bertz CT molecular complexity index is 466. The second-order valence-corrected chi connectivity index (χ2v) is 7.01. The molecule has 0 aromatic carbocycles.